The highest BCUT2D eigenvalue weighted by Gasteiger charge is 2.35. The van der Waals surface area contributed by atoms with Crippen molar-refractivity contribution in [1.29, 1.82) is 0 Å². The van der Waals surface area contributed by atoms with Crippen molar-refractivity contribution in [2.24, 2.45) is 5.92 Å². The molecule has 0 N–H and O–H groups in total. The van der Waals surface area contributed by atoms with E-state index in [0.29, 0.717) is 18.8 Å². The summed E-state index contributed by atoms with van der Waals surface area (Å²) in [7, 11) is 1.60. The van der Waals surface area contributed by atoms with Gasteiger partial charge in [0, 0.05) is 30.8 Å². The number of nitrogens with zero attached hydrogens (tertiary/aromatic N) is 2. The third-order valence-corrected chi connectivity index (χ3v) is 3.80. The average molecular weight is 290 g/mol. The standard InChI is InChI=1S/C16H22N2O3/c1-11(2)15(19)17-8-9-18(16(20)12(17)3)13-6-5-7-14(10-13)21-4/h5-7,10-12H,8-9H2,1-4H3. The molecule has 21 heavy (non-hydrogen) atoms. The molecule has 0 spiro atoms. The summed E-state index contributed by atoms with van der Waals surface area (Å²) < 4.78 is 5.20. The monoisotopic (exact) mass is 290 g/mol. The van der Waals surface area contributed by atoms with Crippen LogP contribution in [0, 0.1) is 5.92 Å². The van der Waals surface area contributed by atoms with E-state index >= 15 is 0 Å². The molecule has 5 nitrogen and oxygen atoms in total. The molecule has 1 aliphatic heterocycles. The zero-order valence-corrected chi connectivity index (χ0v) is 13.0. The summed E-state index contributed by atoms with van der Waals surface area (Å²) in [6.45, 7) is 6.56. The molecule has 0 aromatic heterocycles. The minimum absolute atomic E-state index is 0.0288. The predicted octanol–water partition coefficient (Wildman–Crippen LogP) is 1.91. The molecule has 0 saturated carbocycles. The average Bonchev–Trinajstić information content (AvgIpc) is 2.49. The largest absolute Gasteiger partial charge is 0.497 e. The second-order valence-corrected chi connectivity index (χ2v) is 5.55. The number of rotatable bonds is 3. The highest BCUT2D eigenvalue weighted by molar-refractivity contribution is 6.00. The van der Waals surface area contributed by atoms with E-state index in [0.717, 1.165) is 5.69 Å². The molecular formula is C16H22N2O3. The van der Waals surface area contributed by atoms with Crippen LogP contribution in [0.3, 0.4) is 0 Å². The normalized spacial score (nSPS) is 19.1. The fraction of sp³-hybridized carbons (Fsp3) is 0.500. The molecule has 1 heterocycles. The molecule has 1 unspecified atom stereocenters. The van der Waals surface area contributed by atoms with Crippen LogP contribution in [0.25, 0.3) is 0 Å². The molecule has 114 valence electrons. The first-order valence-corrected chi connectivity index (χ1v) is 7.21. The van der Waals surface area contributed by atoms with Gasteiger partial charge in [-0.05, 0) is 19.1 Å². The summed E-state index contributed by atoms with van der Waals surface area (Å²) in [5.41, 5.74) is 0.808. The molecule has 2 amide bonds. The van der Waals surface area contributed by atoms with Crippen LogP contribution in [0.2, 0.25) is 0 Å². The van der Waals surface area contributed by atoms with Gasteiger partial charge in [-0.3, -0.25) is 9.59 Å². The van der Waals surface area contributed by atoms with Gasteiger partial charge < -0.3 is 14.5 Å². The van der Waals surface area contributed by atoms with E-state index < -0.39 is 6.04 Å². The van der Waals surface area contributed by atoms with Gasteiger partial charge in [0.2, 0.25) is 11.8 Å². The number of carbonyl (C=O) groups excluding carboxylic acids is 2. The lowest BCUT2D eigenvalue weighted by atomic mass is 10.1. The number of ether oxygens (including phenoxy) is 1. The van der Waals surface area contributed by atoms with Gasteiger partial charge in [-0.2, -0.15) is 0 Å². The summed E-state index contributed by atoms with van der Waals surface area (Å²) >= 11 is 0. The Labute approximate surface area is 125 Å². The first-order valence-electron chi connectivity index (χ1n) is 7.21. The third-order valence-electron chi connectivity index (χ3n) is 3.80. The van der Waals surface area contributed by atoms with Crippen LogP contribution >= 0.6 is 0 Å². The lowest BCUT2D eigenvalue weighted by Gasteiger charge is -2.39. The summed E-state index contributed by atoms with van der Waals surface area (Å²) in [5.74, 6) is 0.599. The number of methoxy groups -OCH3 is 1. The Morgan fingerprint density at radius 2 is 2.05 bits per heavy atom. The van der Waals surface area contributed by atoms with Gasteiger partial charge in [0.1, 0.15) is 11.8 Å². The second-order valence-electron chi connectivity index (χ2n) is 5.55. The van der Waals surface area contributed by atoms with Gasteiger partial charge in [0.15, 0.2) is 0 Å². The molecule has 1 atom stereocenters. The topological polar surface area (TPSA) is 49.9 Å². The van der Waals surface area contributed by atoms with E-state index in [9.17, 15) is 9.59 Å². The maximum absolute atomic E-state index is 12.6. The number of piperazine rings is 1. The van der Waals surface area contributed by atoms with Crippen LogP contribution in [0.4, 0.5) is 5.69 Å². The van der Waals surface area contributed by atoms with E-state index in [1.54, 1.807) is 23.8 Å². The lowest BCUT2D eigenvalue weighted by Crippen LogP contribution is -2.58. The number of anilines is 1. The highest BCUT2D eigenvalue weighted by Crippen LogP contribution is 2.25. The summed E-state index contributed by atoms with van der Waals surface area (Å²) in [6.07, 6.45) is 0. The summed E-state index contributed by atoms with van der Waals surface area (Å²) in [4.78, 5) is 28.1. The maximum Gasteiger partial charge on any atom is 0.249 e. The molecule has 0 aliphatic carbocycles. The number of hydrogen-bond acceptors (Lipinski definition) is 3. The Bertz CT molecular complexity index is 542. The molecule has 0 radical (unpaired) electrons. The maximum atomic E-state index is 12.6. The fourth-order valence-corrected chi connectivity index (χ4v) is 2.54. The van der Waals surface area contributed by atoms with Crippen LogP contribution in [0.15, 0.2) is 24.3 Å². The number of hydrogen-bond donors (Lipinski definition) is 0. The molecule has 5 heteroatoms. The molecule has 1 aromatic carbocycles. The highest BCUT2D eigenvalue weighted by atomic mass is 16.5. The predicted molar refractivity (Wildman–Crippen MR) is 81.4 cm³/mol. The smallest absolute Gasteiger partial charge is 0.249 e. The Morgan fingerprint density at radius 1 is 1.33 bits per heavy atom. The second kappa shape index (κ2) is 6.16. The molecule has 0 bridgehead atoms. The van der Waals surface area contributed by atoms with Gasteiger partial charge in [0.25, 0.3) is 0 Å². The van der Waals surface area contributed by atoms with Crippen molar-refractivity contribution in [2.45, 2.75) is 26.8 Å². The van der Waals surface area contributed by atoms with Gasteiger partial charge in [0.05, 0.1) is 7.11 Å². The molecule has 1 aromatic rings. The Kier molecular flexibility index (Phi) is 4.50. The molecule has 2 rings (SSSR count). The van der Waals surface area contributed by atoms with Gasteiger partial charge in [-0.25, -0.2) is 0 Å². The van der Waals surface area contributed by atoms with Crippen molar-refractivity contribution in [3.8, 4) is 5.75 Å². The van der Waals surface area contributed by atoms with Crippen molar-refractivity contribution in [3.05, 3.63) is 24.3 Å². The minimum atomic E-state index is -0.431. The van der Waals surface area contributed by atoms with Crippen molar-refractivity contribution < 1.29 is 14.3 Å². The Hall–Kier alpha value is -2.04. The molecule has 1 aliphatic rings. The number of benzene rings is 1. The van der Waals surface area contributed by atoms with Crippen LogP contribution in [-0.4, -0.2) is 43.0 Å². The quantitative estimate of drug-likeness (QED) is 0.854. The van der Waals surface area contributed by atoms with E-state index in [2.05, 4.69) is 0 Å². The fourth-order valence-electron chi connectivity index (χ4n) is 2.54. The molecule has 1 saturated heterocycles. The zero-order valence-electron chi connectivity index (χ0n) is 13.0. The van der Waals surface area contributed by atoms with E-state index in [1.165, 1.54) is 0 Å². The van der Waals surface area contributed by atoms with Crippen molar-refractivity contribution in [2.75, 3.05) is 25.1 Å². The van der Waals surface area contributed by atoms with Crippen LogP contribution in [0.1, 0.15) is 20.8 Å². The zero-order chi connectivity index (χ0) is 15.6. The summed E-state index contributed by atoms with van der Waals surface area (Å²) in [5, 5.41) is 0. The number of amides is 2. The van der Waals surface area contributed by atoms with E-state index in [-0.39, 0.29) is 17.7 Å². The van der Waals surface area contributed by atoms with E-state index in [1.807, 2.05) is 38.1 Å². The number of carbonyl (C=O) groups is 2. The van der Waals surface area contributed by atoms with Crippen LogP contribution < -0.4 is 9.64 Å². The van der Waals surface area contributed by atoms with Crippen LogP contribution in [-0.2, 0) is 9.59 Å². The van der Waals surface area contributed by atoms with Crippen molar-refractivity contribution in [1.82, 2.24) is 4.90 Å². The van der Waals surface area contributed by atoms with Gasteiger partial charge >= 0.3 is 0 Å². The van der Waals surface area contributed by atoms with Crippen LogP contribution in [0.5, 0.6) is 5.75 Å². The Morgan fingerprint density at radius 3 is 2.67 bits per heavy atom. The minimum Gasteiger partial charge on any atom is -0.497 e. The Balaban J connectivity index is 2.19. The molecule has 1 fully saturated rings. The third kappa shape index (κ3) is 3.01. The summed E-state index contributed by atoms with van der Waals surface area (Å²) in [6, 6.07) is 6.99. The lowest BCUT2D eigenvalue weighted by molar-refractivity contribution is -0.143. The SMILES string of the molecule is COc1cccc(N2CCN(C(=O)C(C)C)C(C)C2=O)c1. The first-order chi connectivity index (χ1) is 9.95. The van der Waals surface area contributed by atoms with Gasteiger partial charge in [-0.1, -0.05) is 19.9 Å². The van der Waals surface area contributed by atoms with E-state index in [4.69, 9.17) is 4.74 Å². The molecular weight excluding hydrogens is 268 g/mol. The van der Waals surface area contributed by atoms with Crippen molar-refractivity contribution in [3.63, 3.8) is 0 Å². The van der Waals surface area contributed by atoms with Crippen molar-refractivity contribution >= 4 is 17.5 Å². The first kappa shape index (κ1) is 15.4. The van der Waals surface area contributed by atoms with Gasteiger partial charge in [-0.15, -0.1) is 0 Å².